The first-order valence-corrected chi connectivity index (χ1v) is 4.66. The van der Waals surface area contributed by atoms with Crippen LogP contribution < -0.4 is 0 Å². The highest BCUT2D eigenvalue weighted by atomic mass is 16.3. The first kappa shape index (κ1) is 11.0. The fourth-order valence-corrected chi connectivity index (χ4v) is 1.42. The van der Waals surface area contributed by atoms with E-state index in [0.717, 1.165) is 0 Å². The second kappa shape index (κ2) is 4.41. The standard InChI is InChI=1S/C9H16N2O3/c1-10(2)8(13)3-4-11-6-7(12)5-9(11)14/h7,12H,3-6H2,1-2H3. The van der Waals surface area contributed by atoms with Crippen LogP contribution in [0.4, 0.5) is 0 Å². The second-order valence-corrected chi connectivity index (χ2v) is 3.74. The van der Waals surface area contributed by atoms with Gasteiger partial charge in [0.25, 0.3) is 0 Å². The molecule has 0 aliphatic carbocycles. The number of β-amino-alcohol motifs (C(OH)–C–C–N with tert-alkyl or cyclic N) is 1. The summed E-state index contributed by atoms with van der Waals surface area (Å²) >= 11 is 0. The molecule has 14 heavy (non-hydrogen) atoms. The Morgan fingerprint density at radius 2 is 2.29 bits per heavy atom. The van der Waals surface area contributed by atoms with Gasteiger partial charge in [0.1, 0.15) is 0 Å². The molecule has 0 radical (unpaired) electrons. The average Bonchev–Trinajstić information content (AvgIpc) is 2.40. The van der Waals surface area contributed by atoms with E-state index >= 15 is 0 Å². The first-order chi connectivity index (χ1) is 6.50. The van der Waals surface area contributed by atoms with Gasteiger partial charge in [-0.15, -0.1) is 0 Å². The lowest BCUT2D eigenvalue weighted by Gasteiger charge is -2.16. The Hall–Kier alpha value is -1.10. The molecule has 1 aliphatic heterocycles. The van der Waals surface area contributed by atoms with E-state index in [1.807, 2.05) is 0 Å². The van der Waals surface area contributed by atoms with Gasteiger partial charge in [0.05, 0.1) is 12.5 Å². The molecule has 0 spiro atoms. The molecule has 5 heteroatoms. The molecule has 0 aromatic heterocycles. The number of likely N-dealkylation sites (tertiary alicyclic amines) is 1. The minimum absolute atomic E-state index is 0.000750. The zero-order chi connectivity index (χ0) is 10.7. The van der Waals surface area contributed by atoms with Crippen molar-refractivity contribution in [3.63, 3.8) is 0 Å². The Labute approximate surface area is 83.3 Å². The molecule has 0 saturated carbocycles. The predicted octanol–water partition coefficient (Wildman–Crippen LogP) is -0.942. The third kappa shape index (κ3) is 2.70. The number of aliphatic hydroxyl groups excluding tert-OH is 1. The van der Waals surface area contributed by atoms with Gasteiger partial charge in [-0.05, 0) is 0 Å². The minimum atomic E-state index is -0.558. The van der Waals surface area contributed by atoms with Crippen LogP contribution in [-0.2, 0) is 9.59 Å². The lowest BCUT2D eigenvalue weighted by molar-refractivity contribution is -0.131. The van der Waals surface area contributed by atoms with Crippen molar-refractivity contribution in [2.75, 3.05) is 27.2 Å². The number of amides is 2. The molecule has 1 unspecified atom stereocenters. The van der Waals surface area contributed by atoms with E-state index in [0.29, 0.717) is 19.5 Å². The number of hydrogen-bond acceptors (Lipinski definition) is 3. The number of rotatable bonds is 3. The lowest BCUT2D eigenvalue weighted by Crippen LogP contribution is -2.31. The third-order valence-corrected chi connectivity index (χ3v) is 2.29. The van der Waals surface area contributed by atoms with Crippen molar-refractivity contribution in [2.45, 2.75) is 18.9 Å². The number of carbonyl (C=O) groups is 2. The smallest absolute Gasteiger partial charge is 0.225 e. The Bertz CT molecular complexity index is 240. The van der Waals surface area contributed by atoms with Crippen molar-refractivity contribution in [3.8, 4) is 0 Å². The molecule has 1 heterocycles. The van der Waals surface area contributed by atoms with Crippen LogP contribution in [0.1, 0.15) is 12.8 Å². The van der Waals surface area contributed by atoms with E-state index in [2.05, 4.69) is 0 Å². The van der Waals surface area contributed by atoms with Crippen molar-refractivity contribution < 1.29 is 14.7 Å². The van der Waals surface area contributed by atoms with Crippen molar-refractivity contribution in [1.29, 1.82) is 0 Å². The molecule has 1 rings (SSSR count). The molecule has 5 nitrogen and oxygen atoms in total. The summed E-state index contributed by atoms with van der Waals surface area (Å²) < 4.78 is 0. The fourth-order valence-electron chi connectivity index (χ4n) is 1.42. The largest absolute Gasteiger partial charge is 0.391 e. The van der Waals surface area contributed by atoms with Crippen molar-refractivity contribution in [3.05, 3.63) is 0 Å². The highest BCUT2D eigenvalue weighted by molar-refractivity contribution is 5.80. The summed E-state index contributed by atoms with van der Waals surface area (Å²) in [7, 11) is 3.37. The fraction of sp³-hybridized carbons (Fsp3) is 0.778. The van der Waals surface area contributed by atoms with E-state index in [4.69, 9.17) is 0 Å². The Morgan fingerprint density at radius 3 is 2.71 bits per heavy atom. The van der Waals surface area contributed by atoms with E-state index in [1.54, 1.807) is 14.1 Å². The zero-order valence-electron chi connectivity index (χ0n) is 8.56. The molecule has 1 N–H and O–H groups in total. The van der Waals surface area contributed by atoms with Crippen LogP contribution in [0.5, 0.6) is 0 Å². The van der Waals surface area contributed by atoms with Crippen molar-refractivity contribution in [1.82, 2.24) is 9.80 Å². The molecule has 0 aromatic rings. The van der Waals surface area contributed by atoms with Crippen LogP contribution in [0.3, 0.4) is 0 Å². The van der Waals surface area contributed by atoms with Crippen LogP contribution in [0.15, 0.2) is 0 Å². The molecule has 0 aromatic carbocycles. The Kier molecular flexibility index (Phi) is 3.46. The van der Waals surface area contributed by atoms with Crippen LogP contribution in [0.25, 0.3) is 0 Å². The zero-order valence-corrected chi connectivity index (χ0v) is 8.56. The molecule has 1 aliphatic rings. The third-order valence-electron chi connectivity index (χ3n) is 2.29. The van der Waals surface area contributed by atoms with E-state index < -0.39 is 6.10 Å². The quantitative estimate of drug-likeness (QED) is 0.639. The average molecular weight is 200 g/mol. The first-order valence-electron chi connectivity index (χ1n) is 4.66. The maximum Gasteiger partial charge on any atom is 0.225 e. The normalized spacial score (nSPS) is 21.5. The molecule has 0 bridgehead atoms. The summed E-state index contributed by atoms with van der Waals surface area (Å²) in [6.45, 7) is 0.770. The minimum Gasteiger partial charge on any atom is -0.391 e. The molecular weight excluding hydrogens is 184 g/mol. The van der Waals surface area contributed by atoms with Gasteiger partial charge in [-0.2, -0.15) is 0 Å². The Balaban J connectivity index is 2.32. The van der Waals surface area contributed by atoms with Gasteiger partial charge in [0.2, 0.25) is 11.8 Å². The summed E-state index contributed by atoms with van der Waals surface area (Å²) in [5.41, 5.74) is 0. The van der Waals surface area contributed by atoms with E-state index in [1.165, 1.54) is 9.80 Å². The number of hydrogen-bond donors (Lipinski definition) is 1. The van der Waals surface area contributed by atoms with Gasteiger partial charge in [-0.1, -0.05) is 0 Å². The number of aliphatic hydroxyl groups is 1. The molecule has 1 fully saturated rings. The molecule has 1 saturated heterocycles. The van der Waals surface area contributed by atoms with Gasteiger partial charge < -0.3 is 14.9 Å². The van der Waals surface area contributed by atoms with E-state index in [-0.39, 0.29) is 18.2 Å². The van der Waals surface area contributed by atoms with Crippen LogP contribution in [0, 0.1) is 0 Å². The predicted molar refractivity (Wildman–Crippen MR) is 50.5 cm³/mol. The summed E-state index contributed by atoms with van der Waals surface area (Å²) in [6.07, 6.45) is -0.0429. The summed E-state index contributed by atoms with van der Waals surface area (Å²) in [5, 5.41) is 9.19. The highest BCUT2D eigenvalue weighted by Gasteiger charge is 2.27. The summed E-state index contributed by atoms with van der Waals surface area (Å²) in [6, 6.07) is 0. The molecule has 80 valence electrons. The molecular formula is C9H16N2O3. The maximum absolute atomic E-state index is 11.2. The molecule has 2 amide bonds. The lowest BCUT2D eigenvalue weighted by atomic mass is 10.3. The van der Waals surface area contributed by atoms with Gasteiger partial charge in [0, 0.05) is 33.6 Å². The van der Waals surface area contributed by atoms with E-state index in [9.17, 15) is 14.7 Å². The van der Waals surface area contributed by atoms with Crippen molar-refractivity contribution in [2.24, 2.45) is 0 Å². The van der Waals surface area contributed by atoms with Gasteiger partial charge in [-0.25, -0.2) is 0 Å². The topological polar surface area (TPSA) is 60.9 Å². The van der Waals surface area contributed by atoms with Gasteiger partial charge >= 0.3 is 0 Å². The van der Waals surface area contributed by atoms with Gasteiger partial charge in [0.15, 0.2) is 0 Å². The van der Waals surface area contributed by atoms with Crippen LogP contribution in [-0.4, -0.2) is 60.0 Å². The monoisotopic (exact) mass is 200 g/mol. The SMILES string of the molecule is CN(C)C(=O)CCN1CC(O)CC1=O. The summed E-state index contributed by atoms with van der Waals surface area (Å²) in [4.78, 5) is 25.5. The van der Waals surface area contributed by atoms with Crippen molar-refractivity contribution >= 4 is 11.8 Å². The van der Waals surface area contributed by atoms with Gasteiger partial charge in [-0.3, -0.25) is 9.59 Å². The number of carbonyl (C=O) groups excluding carboxylic acids is 2. The summed E-state index contributed by atoms with van der Waals surface area (Å²) in [5.74, 6) is -0.0664. The van der Waals surface area contributed by atoms with Crippen LogP contribution in [0.2, 0.25) is 0 Å². The highest BCUT2D eigenvalue weighted by Crippen LogP contribution is 2.10. The molecule has 1 atom stereocenters. The Morgan fingerprint density at radius 1 is 1.64 bits per heavy atom. The number of nitrogens with zero attached hydrogens (tertiary/aromatic N) is 2. The van der Waals surface area contributed by atoms with Crippen LogP contribution >= 0.6 is 0 Å². The second-order valence-electron chi connectivity index (χ2n) is 3.74. The maximum atomic E-state index is 11.2.